The number of nitrogens with two attached hydrogens (primary N) is 1. The number of likely N-dealkylation sites (N-methyl/N-ethyl adjacent to an activating group) is 1. The van der Waals surface area contributed by atoms with Crippen molar-refractivity contribution in [3.63, 3.8) is 0 Å². The molecular formula is C25H30N2O7. The van der Waals surface area contributed by atoms with Crippen LogP contribution in [0.15, 0.2) is 29.0 Å². The van der Waals surface area contributed by atoms with Gasteiger partial charge in [-0.1, -0.05) is 19.4 Å². The van der Waals surface area contributed by atoms with Crippen molar-refractivity contribution in [3.8, 4) is 5.75 Å². The molecule has 182 valence electrons. The van der Waals surface area contributed by atoms with Crippen LogP contribution in [-0.2, 0) is 27.2 Å². The number of nitrogens with zero attached hydrogens (tertiary/aromatic N) is 1. The highest BCUT2D eigenvalue weighted by Crippen LogP contribution is 2.52. The van der Waals surface area contributed by atoms with E-state index in [0.29, 0.717) is 6.42 Å². The molecule has 4 atom stereocenters. The van der Waals surface area contributed by atoms with Gasteiger partial charge < -0.3 is 26.2 Å². The number of Topliss-reactive ketones (excluding diaryl/α,β-unsaturated/α-hetero) is 2. The second-order valence-corrected chi connectivity index (χ2v) is 9.66. The molecule has 0 bridgehead atoms. The van der Waals surface area contributed by atoms with Gasteiger partial charge in [0, 0.05) is 11.5 Å². The number of carbonyl (C=O) groups is 3. The summed E-state index contributed by atoms with van der Waals surface area (Å²) in [6, 6.07) is 2.19. The smallest absolute Gasteiger partial charge is 0.255 e. The fourth-order valence-corrected chi connectivity index (χ4v) is 5.91. The Morgan fingerprint density at radius 3 is 2.47 bits per heavy atom. The maximum atomic E-state index is 13.7. The molecule has 9 heteroatoms. The van der Waals surface area contributed by atoms with Gasteiger partial charge in [-0.25, -0.2) is 0 Å². The Morgan fingerprint density at radius 1 is 1.21 bits per heavy atom. The molecule has 1 saturated carbocycles. The van der Waals surface area contributed by atoms with Gasteiger partial charge in [0.15, 0.2) is 11.4 Å². The molecule has 0 aromatic heterocycles. The lowest BCUT2D eigenvalue weighted by Crippen LogP contribution is -2.65. The number of ketones is 2. The van der Waals surface area contributed by atoms with Gasteiger partial charge in [0.2, 0.25) is 5.78 Å². The van der Waals surface area contributed by atoms with Gasteiger partial charge in [-0.15, -0.1) is 0 Å². The summed E-state index contributed by atoms with van der Waals surface area (Å²) in [7, 11) is 3.16. The summed E-state index contributed by atoms with van der Waals surface area (Å²) >= 11 is 0. The summed E-state index contributed by atoms with van der Waals surface area (Å²) < 4.78 is 0. The molecule has 6 N–H and O–H groups in total. The Hall–Kier alpha value is -3.17. The highest BCUT2D eigenvalue weighted by atomic mass is 16.3. The second kappa shape index (κ2) is 8.25. The number of amides is 1. The third-order valence-corrected chi connectivity index (χ3v) is 7.50. The third-order valence-electron chi connectivity index (χ3n) is 7.50. The van der Waals surface area contributed by atoms with Crippen molar-refractivity contribution < 1.29 is 34.8 Å². The Bertz CT molecular complexity index is 1170. The summed E-state index contributed by atoms with van der Waals surface area (Å²) in [5, 5.41) is 44.1. The number of rotatable bonds is 5. The predicted octanol–water partition coefficient (Wildman–Crippen LogP) is 1.31. The zero-order chi connectivity index (χ0) is 25.1. The topological polar surface area (TPSA) is 161 Å². The number of hydrogen-bond acceptors (Lipinski definition) is 8. The molecule has 34 heavy (non-hydrogen) atoms. The molecule has 3 aliphatic rings. The summed E-state index contributed by atoms with van der Waals surface area (Å²) in [6.45, 7) is 2.06. The Balaban J connectivity index is 1.94. The first-order valence-corrected chi connectivity index (χ1v) is 11.4. The zero-order valence-electron chi connectivity index (χ0n) is 19.5. The molecule has 0 spiro atoms. The predicted molar refractivity (Wildman–Crippen MR) is 123 cm³/mol. The minimum Gasteiger partial charge on any atom is -0.508 e. The molecule has 1 aromatic rings. The maximum absolute atomic E-state index is 13.7. The average Bonchev–Trinajstić information content (AvgIpc) is 2.75. The average molecular weight is 471 g/mol. The largest absolute Gasteiger partial charge is 0.508 e. The van der Waals surface area contributed by atoms with Crippen LogP contribution < -0.4 is 5.73 Å². The number of carbonyl (C=O) groups excluding carboxylic acids is 3. The molecule has 4 rings (SSSR count). The van der Waals surface area contributed by atoms with Gasteiger partial charge in [-0.05, 0) is 62.9 Å². The Labute approximate surface area is 197 Å². The number of primary amides is 1. The first kappa shape index (κ1) is 24.0. The zero-order valence-corrected chi connectivity index (χ0v) is 19.5. The SMILES string of the molecule is CCCCc1ccc(O)c2c1CC1CC3C(N(C)C)C(=O)C(C(N)=O)=C(O)[C@@]3(O)C(=O)C1=C2O. The van der Waals surface area contributed by atoms with Crippen LogP contribution in [0, 0.1) is 11.8 Å². The minimum atomic E-state index is -2.61. The van der Waals surface area contributed by atoms with E-state index in [-0.39, 0.29) is 23.3 Å². The lowest BCUT2D eigenvalue weighted by atomic mass is 9.57. The summed E-state index contributed by atoms with van der Waals surface area (Å²) in [5.41, 5.74) is 3.60. The first-order valence-electron chi connectivity index (χ1n) is 11.4. The molecule has 1 amide bonds. The van der Waals surface area contributed by atoms with E-state index in [1.165, 1.54) is 11.0 Å². The van der Waals surface area contributed by atoms with Gasteiger partial charge >= 0.3 is 0 Å². The number of unbranched alkanes of at least 4 members (excludes halogenated alkanes) is 1. The number of hydrogen-bond donors (Lipinski definition) is 5. The van der Waals surface area contributed by atoms with Crippen molar-refractivity contribution in [2.45, 2.75) is 50.7 Å². The van der Waals surface area contributed by atoms with Crippen LogP contribution in [0.2, 0.25) is 0 Å². The number of fused-ring (bicyclic) bond motifs is 3. The van der Waals surface area contributed by atoms with Crippen LogP contribution in [0.25, 0.3) is 5.76 Å². The van der Waals surface area contributed by atoms with E-state index in [2.05, 4.69) is 6.92 Å². The first-order chi connectivity index (χ1) is 16.0. The van der Waals surface area contributed by atoms with Crippen LogP contribution in [0.4, 0.5) is 0 Å². The second-order valence-electron chi connectivity index (χ2n) is 9.66. The fourth-order valence-electron chi connectivity index (χ4n) is 5.91. The molecule has 0 heterocycles. The minimum absolute atomic E-state index is 0.0919. The highest BCUT2D eigenvalue weighted by molar-refractivity contribution is 6.24. The van der Waals surface area contributed by atoms with Crippen LogP contribution in [0.5, 0.6) is 5.75 Å². The van der Waals surface area contributed by atoms with E-state index < -0.39 is 58.0 Å². The van der Waals surface area contributed by atoms with E-state index in [1.54, 1.807) is 14.1 Å². The van der Waals surface area contributed by atoms with Crippen molar-refractivity contribution in [3.05, 3.63) is 45.7 Å². The molecule has 3 aliphatic carbocycles. The molecule has 9 nitrogen and oxygen atoms in total. The third kappa shape index (κ3) is 3.18. The lowest BCUT2D eigenvalue weighted by Gasteiger charge is -2.50. The number of phenols is 1. The highest BCUT2D eigenvalue weighted by Gasteiger charge is 2.64. The fraction of sp³-hybridized carbons (Fsp3) is 0.480. The molecule has 3 unspecified atom stereocenters. The number of aliphatic hydroxyl groups is 3. The number of phenolic OH excluding ortho intramolecular Hbond substituents is 1. The van der Waals surface area contributed by atoms with Crippen LogP contribution in [-0.4, -0.2) is 68.5 Å². The quantitative estimate of drug-likeness (QED) is 0.402. The number of aryl methyl sites for hydroxylation is 1. The number of benzene rings is 1. The van der Waals surface area contributed by atoms with Gasteiger partial charge in [0.25, 0.3) is 5.91 Å². The molecule has 0 saturated heterocycles. The van der Waals surface area contributed by atoms with E-state index in [0.717, 1.165) is 30.4 Å². The molecule has 0 aliphatic heterocycles. The van der Waals surface area contributed by atoms with Crippen molar-refractivity contribution in [1.29, 1.82) is 0 Å². The molecule has 0 radical (unpaired) electrons. The Kier molecular flexibility index (Phi) is 5.81. The van der Waals surface area contributed by atoms with Crippen LogP contribution in [0.1, 0.15) is 42.9 Å². The normalized spacial score (nSPS) is 28.7. The van der Waals surface area contributed by atoms with Crippen LogP contribution >= 0.6 is 0 Å². The number of aliphatic hydroxyl groups excluding tert-OH is 2. The summed E-state index contributed by atoms with van der Waals surface area (Å²) in [6.07, 6.45) is 3.02. The van der Waals surface area contributed by atoms with E-state index in [1.807, 2.05) is 6.07 Å². The van der Waals surface area contributed by atoms with E-state index >= 15 is 0 Å². The van der Waals surface area contributed by atoms with Crippen molar-refractivity contribution in [2.75, 3.05) is 14.1 Å². The van der Waals surface area contributed by atoms with Gasteiger partial charge in [-0.3, -0.25) is 19.3 Å². The molecular weight excluding hydrogens is 440 g/mol. The molecule has 1 fully saturated rings. The monoisotopic (exact) mass is 470 g/mol. The maximum Gasteiger partial charge on any atom is 0.255 e. The lowest BCUT2D eigenvalue weighted by molar-refractivity contribution is -0.153. The standard InChI is InChI=1S/C25H30N2O7/c1-4-5-6-11-7-8-15(28)17-13(11)9-12-10-14-19(27(2)3)21(30)18(24(26)33)23(32)25(14,34)22(31)16(12)20(17)29/h7-8,12,14,19,28-29,32,34H,4-6,9-10H2,1-3H3,(H2,26,33)/t12?,14?,19?,25-/m0/s1. The summed E-state index contributed by atoms with van der Waals surface area (Å²) in [4.78, 5) is 40.3. The van der Waals surface area contributed by atoms with Crippen molar-refractivity contribution in [2.24, 2.45) is 17.6 Å². The van der Waals surface area contributed by atoms with Crippen molar-refractivity contribution in [1.82, 2.24) is 4.90 Å². The Morgan fingerprint density at radius 2 is 1.88 bits per heavy atom. The van der Waals surface area contributed by atoms with Gasteiger partial charge in [-0.2, -0.15) is 0 Å². The van der Waals surface area contributed by atoms with Crippen LogP contribution in [0.3, 0.4) is 0 Å². The van der Waals surface area contributed by atoms with Gasteiger partial charge in [0.05, 0.1) is 11.6 Å². The summed E-state index contributed by atoms with van der Waals surface area (Å²) in [5.74, 6) is -6.34. The van der Waals surface area contributed by atoms with Crippen molar-refractivity contribution >= 4 is 23.2 Å². The van der Waals surface area contributed by atoms with E-state index in [9.17, 15) is 34.8 Å². The van der Waals surface area contributed by atoms with E-state index in [4.69, 9.17) is 5.73 Å². The molecule has 1 aromatic carbocycles. The number of aromatic hydroxyl groups is 1. The van der Waals surface area contributed by atoms with Gasteiger partial charge in [0.1, 0.15) is 22.8 Å².